The van der Waals surface area contributed by atoms with Crippen molar-refractivity contribution in [2.24, 2.45) is 0 Å². The summed E-state index contributed by atoms with van der Waals surface area (Å²) in [5, 5.41) is 0. The molecule has 0 amide bonds. The topological polar surface area (TPSA) is 21.7 Å². The van der Waals surface area contributed by atoms with Crippen LogP contribution in [0.25, 0.3) is 0 Å². The molecule has 0 aromatic heterocycles. The smallest absolute Gasteiger partial charge is 0.123 e. The van der Waals surface area contributed by atoms with Gasteiger partial charge >= 0.3 is 0 Å². The minimum absolute atomic E-state index is 0.0967. The van der Waals surface area contributed by atoms with Crippen molar-refractivity contribution < 1.29 is 9.47 Å². The first-order valence-corrected chi connectivity index (χ1v) is 13.2. The molecule has 0 aliphatic carbocycles. The molecular formula is C35H29NO2. The van der Waals surface area contributed by atoms with Gasteiger partial charge in [-0.3, -0.25) is 0 Å². The Morgan fingerprint density at radius 2 is 1.32 bits per heavy atom. The maximum absolute atomic E-state index is 6.37. The van der Waals surface area contributed by atoms with E-state index in [1.54, 1.807) is 0 Å². The summed E-state index contributed by atoms with van der Waals surface area (Å²) in [6.45, 7) is 1.99. The van der Waals surface area contributed by atoms with Crippen LogP contribution in [0.1, 0.15) is 33.9 Å². The average Bonchev–Trinajstić information content (AvgIpc) is 3.52. The second-order valence-corrected chi connectivity index (χ2v) is 10.2. The fourth-order valence-electron chi connectivity index (χ4n) is 6.12. The number of nitrogens with zero attached hydrogens (tertiary/aromatic N) is 1. The van der Waals surface area contributed by atoms with Crippen molar-refractivity contribution in [3.8, 4) is 11.5 Å². The van der Waals surface area contributed by atoms with Gasteiger partial charge in [0, 0.05) is 17.8 Å². The van der Waals surface area contributed by atoms with Crippen LogP contribution in [0, 0.1) is 0 Å². The van der Waals surface area contributed by atoms with Crippen LogP contribution in [-0.2, 0) is 12.0 Å². The van der Waals surface area contributed by atoms with Gasteiger partial charge in [0.25, 0.3) is 0 Å². The van der Waals surface area contributed by atoms with E-state index in [4.69, 9.17) is 9.47 Å². The molecule has 5 aromatic rings. The highest BCUT2D eigenvalue weighted by atomic mass is 16.5. The van der Waals surface area contributed by atoms with Gasteiger partial charge in [-0.1, -0.05) is 109 Å². The summed E-state index contributed by atoms with van der Waals surface area (Å²) < 4.78 is 12.6. The molecule has 1 spiro atoms. The molecule has 1 atom stereocenters. The summed E-state index contributed by atoms with van der Waals surface area (Å²) in [6, 6.07) is 47.2. The molecule has 2 aliphatic rings. The highest BCUT2D eigenvalue weighted by Crippen LogP contribution is 2.54. The van der Waals surface area contributed by atoms with Gasteiger partial charge in [-0.2, -0.15) is 0 Å². The van der Waals surface area contributed by atoms with Gasteiger partial charge in [0.15, 0.2) is 0 Å². The summed E-state index contributed by atoms with van der Waals surface area (Å²) in [5.41, 5.74) is 7.24. The number of fused-ring (bicyclic) bond motifs is 4. The van der Waals surface area contributed by atoms with Crippen molar-refractivity contribution in [2.45, 2.75) is 18.1 Å². The predicted octanol–water partition coefficient (Wildman–Crippen LogP) is 7.55. The lowest BCUT2D eigenvalue weighted by atomic mass is 9.77. The number of hydrogen-bond donors (Lipinski definition) is 0. The zero-order valence-electron chi connectivity index (χ0n) is 21.2. The van der Waals surface area contributed by atoms with Gasteiger partial charge in [0.1, 0.15) is 24.7 Å². The Balaban J connectivity index is 1.30. The third-order valence-corrected chi connectivity index (χ3v) is 7.90. The van der Waals surface area contributed by atoms with Crippen LogP contribution >= 0.6 is 0 Å². The van der Waals surface area contributed by atoms with Gasteiger partial charge < -0.3 is 14.4 Å². The van der Waals surface area contributed by atoms with E-state index in [0.29, 0.717) is 13.2 Å². The van der Waals surface area contributed by atoms with Crippen LogP contribution in [0.4, 0.5) is 5.69 Å². The van der Waals surface area contributed by atoms with Gasteiger partial charge in [0.05, 0.1) is 11.5 Å². The summed E-state index contributed by atoms with van der Waals surface area (Å²) in [4.78, 5) is 2.57. The molecule has 0 saturated carbocycles. The van der Waals surface area contributed by atoms with E-state index >= 15 is 0 Å². The molecule has 3 heteroatoms. The molecule has 5 aromatic carbocycles. The third kappa shape index (κ3) is 3.83. The van der Waals surface area contributed by atoms with E-state index in [2.05, 4.69) is 114 Å². The Labute approximate surface area is 223 Å². The highest BCUT2D eigenvalue weighted by Gasteiger charge is 2.51. The molecular weight excluding hydrogens is 466 g/mol. The molecule has 0 bridgehead atoms. The molecule has 3 nitrogen and oxygen atoms in total. The van der Waals surface area contributed by atoms with Gasteiger partial charge in [0.2, 0.25) is 0 Å². The van der Waals surface area contributed by atoms with Crippen molar-refractivity contribution in [1.29, 1.82) is 0 Å². The Morgan fingerprint density at radius 1 is 0.684 bits per heavy atom. The second kappa shape index (κ2) is 9.42. The number of para-hydroxylation sites is 1. The fraction of sp³-hybridized carbons (Fsp3) is 0.143. The lowest BCUT2D eigenvalue weighted by Gasteiger charge is -2.33. The van der Waals surface area contributed by atoms with Crippen LogP contribution in [0.2, 0.25) is 0 Å². The highest BCUT2D eigenvalue weighted by molar-refractivity contribution is 5.71. The zero-order chi connectivity index (χ0) is 25.4. The number of anilines is 1. The Morgan fingerprint density at radius 3 is 2.03 bits per heavy atom. The fourth-order valence-corrected chi connectivity index (χ4v) is 6.12. The minimum atomic E-state index is -0.264. The predicted molar refractivity (Wildman–Crippen MR) is 152 cm³/mol. The average molecular weight is 496 g/mol. The number of hydrogen-bond acceptors (Lipinski definition) is 3. The lowest BCUT2D eigenvalue weighted by Crippen LogP contribution is -2.38. The van der Waals surface area contributed by atoms with Crippen molar-refractivity contribution in [3.63, 3.8) is 0 Å². The van der Waals surface area contributed by atoms with E-state index in [1.807, 2.05) is 24.3 Å². The normalized spacial score (nSPS) is 17.3. The number of ether oxygens (including phenoxy) is 2. The van der Waals surface area contributed by atoms with Crippen LogP contribution in [-0.4, -0.2) is 13.2 Å². The quantitative estimate of drug-likeness (QED) is 0.243. The van der Waals surface area contributed by atoms with E-state index in [1.165, 1.54) is 27.9 Å². The third-order valence-electron chi connectivity index (χ3n) is 7.90. The maximum Gasteiger partial charge on any atom is 0.123 e. The summed E-state index contributed by atoms with van der Waals surface area (Å²) in [7, 11) is 0. The van der Waals surface area contributed by atoms with Crippen molar-refractivity contribution in [3.05, 3.63) is 161 Å². The van der Waals surface area contributed by atoms with E-state index in [0.717, 1.165) is 23.6 Å². The van der Waals surface area contributed by atoms with E-state index in [-0.39, 0.29) is 11.5 Å². The van der Waals surface area contributed by atoms with E-state index < -0.39 is 0 Å². The first-order chi connectivity index (χ1) is 18.8. The largest absolute Gasteiger partial charge is 0.492 e. The van der Waals surface area contributed by atoms with Gasteiger partial charge in [-0.15, -0.1) is 0 Å². The van der Waals surface area contributed by atoms with Crippen molar-refractivity contribution in [1.82, 2.24) is 0 Å². The molecule has 38 heavy (non-hydrogen) atoms. The Kier molecular flexibility index (Phi) is 5.62. The second-order valence-electron chi connectivity index (χ2n) is 10.2. The van der Waals surface area contributed by atoms with Crippen LogP contribution in [0.3, 0.4) is 0 Å². The first-order valence-electron chi connectivity index (χ1n) is 13.2. The summed E-state index contributed by atoms with van der Waals surface area (Å²) in [5.74, 6) is 1.82. The van der Waals surface area contributed by atoms with Crippen LogP contribution < -0.4 is 14.4 Å². The van der Waals surface area contributed by atoms with Crippen LogP contribution in [0.15, 0.2) is 133 Å². The zero-order valence-corrected chi connectivity index (χ0v) is 21.2. The first kappa shape index (κ1) is 22.7. The molecule has 0 radical (unpaired) electrons. The molecule has 7 rings (SSSR count). The monoisotopic (exact) mass is 495 g/mol. The molecule has 186 valence electrons. The van der Waals surface area contributed by atoms with Crippen molar-refractivity contribution in [2.75, 3.05) is 18.1 Å². The molecule has 2 heterocycles. The molecule has 0 N–H and O–H groups in total. The van der Waals surface area contributed by atoms with Crippen LogP contribution in [0.5, 0.6) is 11.5 Å². The van der Waals surface area contributed by atoms with Crippen molar-refractivity contribution >= 4 is 5.69 Å². The van der Waals surface area contributed by atoms with Gasteiger partial charge in [-0.05, 0) is 46.5 Å². The molecule has 1 unspecified atom stereocenters. The standard InChI is InChI=1S/C35H29NO2/c1-4-12-26(13-5-1)23-37-29-20-21-33-31(22-29)35(25-38-33)24-36(32-19-11-10-18-30(32)35)34(27-14-6-2-7-15-27)28-16-8-3-9-17-28/h1-22,34H,23-25H2. The van der Waals surface area contributed by atoms with Gasteiger partial charge in [-0.25, -0.2) is 0 Å². The Hall–Kier alpha value is -4.50. The molecule has 0 saturated heterocycles. The minimum Gasteiger partial charge on any atom is -0.492 e. The lowest BCUT2D eigenvalue weighted by molar-refractivity contribution is 0.298. The maximum atomic E-state index is 6.37. The molecule has 2 aliphatic heterocycles. The summed E-state index contributed by atoms with van der Waals surface area (Å²) >= 11 is 0. The molecule has 0 fully saturated rings. The number of rotatable bonds is 6. The number of benzene rings is 5. The summed E-state index contributed by atoms with van der Waals surface area (Å²) in [6.07, 6.45) is 0. The Bertz CT molecular complexity index is 1510. The van der Waals surface area contributed by atoms with E-state index in [9.17, 15) is 0 Å². The SMILES string of the molecule is c1ccc(COc2ccc3c(c2)C2(CO3)CN(C(c3ccccc3)c3ccccc3)c3ccccc32)cc1.